The molecule has 8 nitrogen and oxygen atoms in total. The first-order chi connectivity index (χ1) is 13.6. The molecule has 1 aromatic heterocycles. The molecule has 3 fully saturated rings. The molecule has 0 N–H and O–H groups in total. The average Bonchev–Trinajstić information content (AvgIpc) is 3.41. The van der Waals surface area contributed by atoms with Crippen molar-refractivity contribution >= 4 is 11.8 Å². The van der Waals surface area contributed by atoms with Crippen molar-refractivity contribution in [2.45, 2.75) is 44.2 Å². The van der Waals surface area contributed by atoms with Crippen LogP contribution in [0.5, 0.6) is 0 Å². The fourth-order valence-corrected chi connectivity index (χ4v) is 4.84. The Kier molecular flexibility index (Phi) is 5.68. The van der Waals surface area contributed by atoms with Gasteiger partial charge in [-0.05, 0) is 38.2 Å². The smallest absolute Gasteiger partial charge is 0.272 e. The highest BCUT2D eigenvalue weighted by Crippen LogP contribution is 2.39. The van der Waals surface area contributed by atoms with E-state index in [-0.39, 0.29) is 17.4 Å². The molecule has 2 amide bonds. The molecular weight excluding hydrogens is 358 g/mol. The summed E-state index contributed by atoms with van der Waals surface area (Å²) in [5.41, 5.74) is 0.592. The lowest BCUT2D eigenvalue weighted by molar-refractivity contribution is -0.138. The Morgan fingerprint density at radius 2 is 1.89 bits per heavy atom. The van der Waals surface area contributed by atoms with Gasteiger partial charge in [-0.2, -0.15) is 5.10 Å². The van der Waals surface area contributed by atoms with Crippen LogP contribution in [0.3, 0.4) is 0 Å². The second-order valence-electron chi connectivity index (χ2n) is 8.25. The maximum absolute atomic E-state index is 13.1. The van der Waals surface area contributed by atoms with Gasteiger partial charge in [-0.3, -0.25) is 19.2 Å². The molecule has 8 heteroatoms. The Balaban J connectivity index is 1.40. The Bertz CT molecular complexity index is 714. The molecule has 0 bridgehead atoms. The summed E-state index contributed by atoms with van der Waals surface area (Å²) in [7, 11) is 1.65. The van der Waals surface area contributed by atoms with Crippen molar-refractivity contribution in [3.63, 3.8) is 0 Å². The molecule has 0 aromatic carbocycles. The van der Waals surface area contributed by atoms with Gasteiger partial charge in [0.15, 0.2) is 0 Å². The summed E-state index contributed by atoms with van der Waals surface area (Å²) in [4.78, 5) is 32.0. The van der Waals surface area contributed by atoms with Gasteiger partial charge in [0.25, 0.3) is 5.91 Å². The Morgan fingerprint density at radius 3 is 2.61 bits per heavy atom. The van der Waals surface area contributed by atoms with Gasteiger partial charge >= 0.3 is 0 Å². The van der Waals surface area contributed by atoms with Crippen LogP contribution in [0.25, 0.3) is 0 Å². The van der Waals surface area contributed by atoms with Crippen molar-refractivity contribution in [1.29, 1.82) is 0 Å². The van der Waals surface area contributed by atoms with Crippen molar-refractivity contribution < 1.29 is 14.3 Å². The Hall–Kier alpha value is -1.93. The number of methoxy groups -OCH3 is 1. The molecule has 3 aliphatic heterocycles. The molecular formula is C20H31N5O3. The molecule has 1 spiro atoms. The van der Waals surface area contributed by atoms with E-state index in [0.717, 1.165) is 58.3 Å². The van der Waals surface area contributed by atoms with Crippen LogP contribution in [0, 0.1) is 0 Å². The van der Waals surface area contributed by atoms with E-state index in [0.29, 0.717) is 31.9 Å². The van der Waals surface area contributed by atoms with Gasteiger partial charge in [-0.15, -0.1) is 0 Å². The SMILES string of the molecule is COCCn1nccc1C(=O)N1CCCC2(CCN2CC(=O)N2CCCC2)C1. The quantitative estimate of drug-likeness (QED) is 0.721. The first-order valence-corrected chi connectivity index (χ1v) is 10.5. The largest absolute Gasteiger partial charge is 0.383 e. The summed E-state index contributed by atoms with van der Waals surface area (Å²) in [5, 5.41) is 4.27. The zero-order valence-electron chi connectivity index (χ0n) is 16.8. The summed E-state index contributed by atoms with van der Waals surface area (Å²) in [5.74, 6) is 0.281. The van der Waals surface area contributed by atoms with Crippen LogP contribution in [0.4, 0.5) is 0 Å². The van der Waals surface area contributed by atoms with E-state index >= 15 is 0 Å². The highest BCUT2D eigenvalue weighted by Gasteiger charge is 2.49. The molecule has 3 saturated heterocycles. The number of ether oxygens (including phenoxy) is 1. The van der Waals surface area contributed by atoms with E-state index in [1.807, 2.05) is 9.80 Å². The minimum Gasteiger partial charge on any atom is -0.383 e. The van der Waals surface area contributed by atoms with Crippen molar-refractivity contribution in [2.24, 2.45) is 0 Å². The van der Waals surface area contributed by atoms with Gasteiger partial charge in [0, 0.05) is 51.6 Å². The molecule has 3 aliphatic rings. The molecule has 1 unspecified atom stereocenters. The number of aromatic nitrogens is 2. The zero-order valence-corrected chi connectivity index (χ0v) is 16.8. The van der Waals surface area contributed by atoms with Gasteiger partial charge in [0.1, 0.15) is 5.69 Å². The molecule has 0 saturated carbocycles. The summed E-state index contributed by atoms with van der Waals surface area (Å²) in [6.45, 7) is 5.81. The molecule has 1 aromatic rings. The second kappa shape index (κ2) is 8.21. The number of nitrogens with zero attached hydrogens (tertiary/aromatic N) is 5. The monoisotopic (exact) mass is 389 g/mol. The first-order valence-electron chi connectivity index (χ1n) is 10.5. The van der Waals surface area contributed by atoms with Crippen LogP contribution in [0.2, 0.25) is 0 Å². The standard InChI is InChI=1S/C20H31N5O3/c1-28-14-13-25-17(5-8-21-25)19(27)23-11-4-6-20(16-23)7-12-24(20)15-18(26)22-9-2-3-10-22/h5,8H,2-4,6-7,9-16H2,1H3. The van der Waals surface area contributed by atoms with E-state index < -0.39 is 0 Å². The maximum atomic E-state index is 13.1. The van der Waals surface area contributed by atoms with E-state index in [1.165, 1.54) is 0 Å². The fraction of sp³-hybridized carbons (Fsp3) is 0.750. The van der Waals surface area contributed by atoms with E-state index in [4.69, 9.17) is 4.74 Å². The minimum absolute atomic E-state index is 0.0271. The molecule has 154 valence electrons. The van der Waals surface area contributed by atoms with Crippen LogP contribution in [-0.2, 0) is 16.1 Å². The van der Waals surface area contributed by atoms with Crippen LogP contribution in [0.15, 0.2) is 12.3 Å². The van der Waals surface area contributed by atoms with Gasteiger partial charge < -0.3 is 14.5 Å². The number of piperidine rings is 1. The van der Waals surface area contributed by atoms with Gasteiger partial charge in [0.05, 0.1) is 19.7 Å². The number of hydrogen-bond acceptors (Lipinski definition) is 5. The normalized spacial score (nSPS) is 25.3. The lowest BCUT2D eigenvalue weighted by atomic mass is 9.77. The number of hydrogen-bond donors (Lipinski definition) is 0. The molecule has 1 atom stereocenters. The predicted octanol–water partition coefficient (Wildman–Crippen LogP) is 0.832. The third kappa shape index (κ3) is 3.67. The summed E-state index contributed by atoms with van der Waals surface area (Å²) < 4.78 is 6.84. The van der Waals surface area contributed by atoms with Crippen LogP contribution >= 0.6 is 0 Å². The average molecular weight is 390 g/mol. The van der Waals surface area contributed by atoms with Crippen LogP contribution in [-0.4, -0.2) is 94.8 Å². The molecule has 4 heterocycles. The lowest BCUT2D eigenvalue weighted by Gasteiger charge is -2.57. The maximum Gasteiger partial charge on any atom is 0.272 e. The number of likely N-dealkylation sites (tertiary alicyclic amines) is 3. The number of carbonyl (C=O) groups excluding carboxylic acids is 2. The predicted molar refractivity (Wildman–Crippen MR) is 104 cm³/mol. The van der Waals surface area contributed by atoms with Crippen LogP contribution < -0.4 is 0 Å². The van der Waals surface area contributed by atoms with Crippen molar-refractivity contribution in [2.75, 3.05) is 53.0 Å². The van der Waals surface area contributed by atoms with Gasteiger partial charge in [0.2, 0.25) is 5.91 Å². The topological polar surface area (TPSA) is 70.9 Å². The van der Waals surface area contributed by atoms with Crippen molar-refractivity contribution in [1.82, 2.24) is 24.5 Å². The van der Waals surface area contributed by atoms with Crippen molar-refractivity contribution in [3.05, 3.63) is 18.0 Å². The number of amides is 2. The Labute approximate surface area is 166 Å². The second-order valence-corrected chi connectivity index (χ2v) is 8.25. The third-order valence-corrected chi connectivity index (χ3v) is 6.59. The van der Waals surface area contributed by atoms with Crippen molar-refractivity contribution in [3.8, 4) is 0 Å². The molecule has 0 aliphatic carbocycles. The molecule has 28 heavy (non-hydrogen) atoms. The highest BCUT2D eigenvalue weighted by molar-refractivity contribution is 5.92. The van der Waals surface area contributed by atoms with Gasteiger partial charge in [-0.25, -0.2) is 0 Å². The molecule has 0 radical (unpaired) electrons. The first kappa shape index (κ1) is 19.4. The van der Waals surface area contributed by atoms with E-state index in [2.05, 4.69) is 10.00 Å². The number of carbonyl (C=O) groups is 2. The highest BCUT2D eigenvalue weighted by atomic mass is 16.5. The zero-order chi connectivity index (χ0) is 19.6. The fourth-order valence-electron chi connectivity index (χ4n) is 4.84. The molecule has 4 rings (SSSR count). The van der Waals surface area contributed by atoms with E-state index in [9.17, 15) is 9.59 Å². The summed E-state index contributed by atoms with van der Waals surface area (Å²) in [6.07, 6.45) is 7.02. The van der Waals surface area contributed by atoms with Crippen LogP contribution in [0.1, 0.15) is 42.6 Å². The van der Waals surface area contributed by atoms with Gasteiger partial charge in [-0.1, -0.05) is 0 Å². The number of rotatable bonds is 6. The summed E-state index contributed by atoms with van der Waals surface area (Å²) >= 11 is 0. The Morgan fingerprint density at radius 1 is 1.11 bits per heavy atom. The third-order valence-electron chi connectivity index (χ3n) is 6.59. The minimum atomic E-state index is -0.0271. The summed E-state index contributed by atoms with van der Waals surface area (Å²) in [6, 6.07) is 1.79. The lowest BCUT2D eigenvalue weighted by Crippen LogP contribution is -2.68. The van der Waals surface area contributed by atoms with E-state index in [1.54, 1.807) is 24.1 Å².